The first-order valence-corrected chi connectivity index (χ1v) is 5.02. The zero-order chi connectivity index (χ0) is 10.1. The highest BCUT2D eigenvalue weighted by atomic mass is 16.3. The van der Waals surface area contributed by atoms with Gasteiger partial charge in [-0.25, -0.2) is 0 Å². The average Bonchev–Trinajstić information content (AvgIpc) is 2.09. The molecule has 1 N–H and O–H groups in total. The van der Waals surface area contributed by atoms with Gasteiger partial charge in [0, 0.05) is 0 Å². The molecule has 0 heterocycles. The SMILES string of the molecule is C=C(C)C#CC(O)CCCCCC. The highest BCUT2D eigenvalue weighted by Crippen LogP contribution is 2.04. The van der Waals surface area contributed by atoms with Gasteiger partial charge in [-0.1, -0.05) is 44.6 Å². The van der Waals surface area contributed by atoms with E-state index in [0.717, 1.165) is 18.4 Å². The summed E-state index contributed by atoms with van der Waals surface area (Å²) in [4.78, 5) is 0. The normalized spacial score (nSPS) is 11.6. The summed E-state index contributed by atoms with van der Waals surface area (Å²) < 4.78 is 0. The van der Waals surface area contributed by atoms with Crippen molar-refractivity contribution in [3.8, 4) is 11.8 Å². The molecule has 0 saturated heterocycles. The lowest BCUT2D eigenvalue weighted by Crippen LogP contribution is -2.02. The van der Waals surface area contributed by atoms with Crippen molar-refractivity contribution in [2.24, 2.45) is 0 Å². The molecule has 0 aromatic carbocycles. The number of rotatable bonds is 5. The van der Waals surface area contributed by atoms with Crippen molar-refractivity contribution in [2.45, 2.75) is 52.1 Å². The second kappa shape index (κ2) is 7.89. The third kappa shape index (κ3) is 9.17. The van der Waals surface area contributed by atoms with Crippen LogP contribution in [0.2, 0.25) is 0 Å². The second-order valence-electron chi connectivity index (χ2n) is 3.41. The first-order chi connectivity index (χ1) is 6.16. The number of unbranched alkanes of at least 4 members (excludes halogenated alkanes) is 3. The molecule has 74 valence electrons. The van der Waals surface area contributed by atoms with E-state index >= 15 is 0 Å². The Kier molecular flexibility index (Phi) is 7.44. The summed E-state index contributed by atoms with van der Waals surface area (Å²) in [5.74, 6) is 5.56. The molecule has 13 heavy (non-hydrogen) atoms. The molecule has 1 nitrogen and oxygen atoms in total. The molecule has 0 fully saturated rings. The van der Waals surface area contributed by atoms with Crippen LogP contribution in [0.15, 0.2) is 12.2 Å². The van der Waals surface area contributed by atoms with Gasteiger partial charge in [0.25, 0.3) is 0 Å². The van der Waals surface area contributed by atoms with Gasteiger partial charge >= 0.3 is 0 Å². The summed E-state index contributed by atoms with van der Waals surface area (Å²) in [6, 6.07) is 0. The molecule has 0 radical (unpaired) electrons. The van der Waals surface area contributed by atoms with Crippen LogP contribution in [0.25, 0.3) is 0 Å². The van der Waals surface area contributed by atoms with Gasteiger partial charge in [0.2, 0.25) is 0 Å². The molecule has 0 aliphatic rings. The fraction of sp³-hybridized carbons (Fsp3) is 0.667. The van der Waals surface area contributed by atoms with Gasteiger partial charge in [-0.15, -0.1) is 0 Å². The van der Waals surface area contributed by atoms with Gasteiger partial charge < -0.3 is 5.11 Å². The lowest BCUT2D eigenvalue weighted by Gasteiger charge is -2.01. The van der Waals surface area contributed by atoms with Crippen LogP contribution in [0.1, 0.15) is 46.0 Å². The largest absolute Gasteiger partial charge is 0.380 e. The Hall–Kier alpha value is -0.740. The Balaban J connectivity index is 3.47. The molecule has 0 bridgehead atoms. The van der Waals surface area contributed by atoms with Crippen LogP contribution in [0.4, 0.5) is 0 Å². The van der Waals surface area contributed by atoms with Crippen molar-refractivity contribution < 1.29 is 5.11 Å². The number of hydrogen-bond acceptors (Lipinski definition) is 1. The average molecular weight is 180 g/mol. The first kappa shape index (κ1) is 12.3. The van der Waals surface area contributed by atoms with Gasteiger partial charge in [0.05, 0.1) is 0 Å². The van der Waals surface area contributed by atoms with E-state index in [1.54, 1.807) is 0 Å². The maximum Gasteiger partial charge on any atom is 0.115 e. The third-order valence-electron chi connectivity index (χ3n) is 1.78. The predicted molar refractivity (Wildman–Crippen MR) is 57.4 cm³/mol. The lowest BCUT2D eigenvalue weighted by molar-refractivity contribution is 0.217. The Morgan fingerprint density at radius 2 is 2.08 bits per heavy atom. The highest BCUT2D eigenvalue weighted by molar-refractivity contribution is 5.24. The third-order valence-corrected chi connectivity index (χ3v) is 1.78. The molecular weight excluding hydrogens is 160 g/mol. The van der Waals surface area contributed by atoms with Crippen molar-refractivity contribution in [1.82, 2.24) is 0 Å². The summed E-state index contributed by atoms with van der Waals surface area (Å²) in [6.07, 6.45) is 5.07. The van der Waals surface area contributed by atoms with Crippen LogP contribution in [0, 0.1) is 11.8 Å². The van der Waals surface area contributed by atoms with Gasteiger partial charge in [-0.3, -0.25) is 0 Å². The standard InChI is InChI=1S/C12H20O/c1-4-5-6-7-8-12(13)10-9-11(2)3/h12-13H,2,4-8H2,1,3H3. The number of aliphatic hydroxyl groups is 1. The Labute approximate surface area is 81.9 Å². The lowest BCUT2D eigenvalue weighted by atomic mass is 10.1. The predicted octanol–water partition coefficient (Wildman–Crippen LogP) is 2.90. The Bertz CT molecular complexity index is 195. The van der Waals surface area contributed by atoms with E-state index in [4.69, 9.17) is 0 Å². The molecule has 0 aliphatic heterocycles. The van der Waals surface area contributed by atoms with E-state index in [-0.39, 0.29) is 0 Å². The number of allylic oxidation sites excluding steroid dienone is 1. The summed E-state index contributed by atoms with van der Waals surface area (Å²) in [5.41, 5.74) is 0.813. The van der Waals surface area contributed by atoms with Crippen molar-refractivity contribution in [3.05, 3.63) is 12.2 Å². The summed E-state index contributed by atoms with van der Waals surface area (Å²) in [5, 5.41) is 9.38. The van der Waals surface area contributed by atoms with Crippen LogP contribution in [0.3, 0.4) is 0 Å². The smallest absolute Gasteiger partial charge is 0.115 e. The van der Waals surface area contributed by atoms with Gasteiger partial charge in [-0.2, -0.15) is 0 Å². The molecule has 0 aliphatic carbocycles. The molecule has 0 rings (SSSR count). The summed E-state index contributed by atoms with van der Waals surface area (Å²) in [7, 11) is 0. The van der Waals surface area contributed by atoms with Crippen LogP contribution < -0.4 is 0 Å². The molecule has 1 atom stereocenters. The van der Waals surface area contributed by atoms with E-state index in [0.29, 0.717) is 0 Å². The van der Waals surface area contributed by atoms with E-state index in [1.807, 2.05) is 6.92 Å². The van der Waals surface area contributed by atoms with Crippen molar-refractivity contribution in [3.63, 3.8) is 0 Å². The van der Waals surface area contributed by atoms with E-state index in [1.165, 1.54) is 19.3 Å². The molecule has 0 aromatic rings. The zero-order valence-corrected chi connectivity index (χ0v) is 8.77. The van der Waals surface area contributed by atoms with Crippen molar-refractivity contribution in [1.29, 1.82) is 0 Å². The maximum absolute atomic E-state index is 9.38. The minimum Gasteiger partial charge on any atom is -0.380 e. The number of hydrogen-bond donors (Lipinski definition) is 1. The fourth-order valence-corrected chi connectivity index (χ4v) is 1.04. The monoisotopic (exact) mass is 180 g/mol. The molecule has 1 heteroatoms. The van der Waals surface area contributed by atoms with Crippen LogP contribution in [-0.2, 0) is 0 Å². The Morgan fingerprint density at radius 1 is 1.38 bits per heavy atom. The number of aliphatic hydroxyl groups excluding tert-OH is 1. The molecular formula is C12H20O. The zero-order valence-electron chi connectivity index (χ0n) is 8.77. The fourth-order valence-electron chi connectivity index (χ4n) is 1.04. The molecule has 0 aromatic heterocycles. The van der Waals surface area contributed by atoms with E-state index < -0.39 is 6.10 Å². The quantitative estimate of drug-likeness (QED) is 0.509. The van der Waals surface area contributed by atoms with E-state index in [9.17, 15) is 5.11 Å². The molecule has 1 unspecified atom stereocenters. The molecule has 0 saturated carbocycles. The van der Waals surface area contributed by atoms with E-state index in [2.05, 4.69) is 25.3 Å². The summed E-state index contributed by atoms with van der Waals surface area (Å²) in [6.45, 7) is 7.67. The van der Waals surface area contributed by atoms with Crippen LogP contribution >= 0.6 is 0 Å². The first-order valence-electron chi connectivity index (χ1n) is 5.02. The molecule has 0 amide bonds. The van der Waals surface area contributed by atoms with Crippen molar-refractivity contribution in [2.75, 3.05) is 0 Å². The van der Waals surface area contributed by atoms with Crippen LogP contribution in [0.5, 0.6) is 0 Å². The van der Waals surface area contributed by atoms with Gasteiger partial charge in [-0.05, 0) is 25.3 Å². The van der Waals surface area contributed by atoms with Crippen molar-refractivity contribution >= 4 is 0 Å². The minimum absolute atomic E-state index is 0.464. The van der Waals surface area contributed by atoms with Gasteiger partial charge in [0.1, 0.15) is 6.10 Å². The molecule has 0 spiro atoms. The summed E-state index contributed by atoms with van der Waals surface area (Å²) >= 11 is 0. The highest BCUT2D eigenvalue weighted by Gasteiger charge is 1.97. The van der Waals surface area contributed by atoms with Crippen LogP contribution in [-0.4, -0.2) is 11.2 Å². The van der Waals surface area contributed by atoms with Gasteiger partial charge in [0.15, 0.2) is 0 Å². The Morgan fingerprint density at radius 3 is 2.62 bits per heavy atom. The topological polar surface area (TPSA) is 20.2 Å². The second-order valence-corrected chi connectivity index (χ2v) is 3.41. The minimum atomic E-state index is -0.464. The maximum atomic E-state index is 9.38.